The van der Waals surface area contributed by atoms with Gasteiger partial charge in [0.1, 0.15) is 0 Å². The second-order valence-corrected chi connectivity index (χ2v) is 4.26. The highest BCUT2D eigenvalue weighted by Crippen LogP contribution is 2.13. The van der Waals surface area contributed by atoms with E-state index in [1.165, 1.54) is 17.7 Å². The first-order chi connectivity index (χ1) is 6.56. The fraction of sp³-hybridized carbons (Fsp3) is 0.727. The second kappa shape index (κ2) is 4.60. The van der Waals surface area contributed by atoms with E-state index in [9.17, 15) is 0 Å². The molecule has 0 radical (unpaired) electrons. The normalized spacial score (nSPS) is 11.3. The Hall–Kier alpha value is -0.830. The molecular weight excluding hydrogens is 174 g/mol. The molecule has 1 aromatic heterocycles. The summed E-state index contributed by atoms with van der Waals surface area (Å²) in [6, 6.07) is 0. The standard InChI is InChI=1S/C11H21N3/c1-8(2)5-6-14-10(4)11(7-12)9(3)13-14/h8H,5-7,12H2,1-4H3. The third kappa shape index (κ3) is 2.35. The number of nitrogens with zero attached hydrogens (tertiary/aromatic N) is 2. The van der Waals surface area contributed by atoms with E-state index >= 15 is 0 Å². The maximum absolute atomic E-state index is 5.67. The highest BCUT2D eigenvalue weighted by atomic mass is 15.3. The molecule has 14 heavy (non-hydrogen) atoms. The van der Waals surface area contributed by atoms with E-state index in [4.69, 9.17) is 5.73 Å². The van der Waals surface area contributed by atoms with Gasteiger partial charge in [-0.1, -0.05) is 13.8 Å². The van der Waals surface area contributed by atoms with Crippen LogP contribution in [0.4, 0.5) is 0 Å². The molecule has 0 fully saturated rings. The summed E-state index contributed by atoms with van der Waals surface area (Å²) in [5.41, 5.74) is 9.17. The van der Waals surface area contributed by atoms with Crippen molar-refractivity contribution in [2.24, 2.45) is 11.7 Å². The van der Waals surface area contributed by atoms with Crippen LogP contribution in [0.3, 0.4) is 0 Å². The molecule has 0 aliphatic heterocycles. The molecule has 1 aromatic rings. The number of hydrogen-bond acceptors (Lipinski definition) is 2. The zero-order valence-electron chi connectivity index (χ0n) is 9.67. The molecule has 0 amide bonds. The van der Waals surface area contributed by atoms with Crippen LogP contribution in [0.25, 0.3) is 0 Å². The highest BCUT2D eigenvalue weighted by Gasteiger charge is 2.09. The minimum Gasteiger partial charge on any atom is -0.326 e. The molecule has 2 N–H and O–H groups in total. The Morgan fingerprint density at radius 3 is 2.43 bits per heavy atom. The average Bonchev–Trinajstić information content (AvgIpc) is 2.38. The molecule has 0 aromatic carbocycles. The monoisotopic (exact) mass is 195 g/mol. The smallest absolute Gasteiger partial charge is 0.0641 e. The maximum Gasteiger partial charge on any atom is 0.0641 e. The van der Waals surface area contributed by atoms with Crippen molar-refractivity contribution in [1.29, 1.82) is 0 Å². The summed E-state index contributed by atoms with van der Waals surface area (Å²) in [7, 11) is 0. The van der Waals surface area contributed by atoms with Gasteiger partial charge in [0.15, 0.2) is 0 Å². The molecule has 3 heteroatoms. The highest BCUT2D eigenvalue weighted by molar-refractivity contribution is 5.23. The summed E-state index contributed by atoms with van der Waals surface area (Å²) < 4.78 is 2.08. The largest absolute Gasteiger partial charge is 0.326 e. The molecule has 1 heterocycles. The molecule has 80 valence electrons. The fourth-order valence-electron chi connectivity index (χ4n) is 1.63. The van der Waals surface area contributed by atoms with Crippen LogP contribution in [-0.2, 0) is 13.1 Å². The van der Waals surface area contributed by atoms with E-state index in [1.54, 1.807) is 0 Å². The van der Waals surface area contributed by atoms with Crippen molar-refractivity contribution in [3.63, 3.8) is 0 Å². The Morgan fingerprint density at radius 1 is 1.36 bits per heavy atom. The van der Waals surface area contributed by atoms with E-state index in [2.05, 4.69) is 30.6 Å². The fourth-order valence-corrected chi connectivity index (χ4v) is 1.63. The number of aryl methyl sites for hydroxylation is 2. The van der Waals surface area contributed by atoms with E-state index in [1.807, 2.05) is 6.92 Å². The first kappa shape index (κ1) is 11.2. The van der Waals surface area contributed by atoms with Gasteiger partial charge in [-0.15, -0.1) is 0 Å². The van der Waals surface area contributed by atoms with Crippen molar-refractivity contribution < 1.29 is 0 Å². The van der Waals surface area contributed by atoms with Crippen molar-refractivity contribution >= 4 is 0 Å². The third-order valence-corrected chi connectivity index (χ3v) is 2.65. The number of nitrogens with two attached hydrogens (primary N) is 1. The predicted octanol–water partition coefficient (Wildman–Crippen LogP) is 2.00. The second-order valence-electron chi connectivity index (χ2n) is 4.26. The Bertz CT molecular complexity index is 300. The van der Waals surface area contributed by atoms with Crippen molar-refractivity contribution in [1.82, 2.24) is 9.78 Å². The minimum atomic E-state index is 0.597. The van der Waals surface area contributed by atoms with Gasteiger partial charge in [0.25, 0.3) is 0 Å². The Morgan fingerprint density at radius 2 is 2.00 bits per heavy atom. The number of hydrogen-bond donors (Lipinski definition) is 1. The van der Waals surface area contributed by atoms with Crippen LogP contribution in [0.1, 0.15) is 37.2 Å². The molecule has 0 atom stereocenters. The van der Waals surface area contributed by atoms with Crippen LogP contribution in [0, 0.1) is 19.8 Å². The average molecular weight is 195 g/mol. The van der Waals surface area contributed by atoms with Crippen molar-refractivity contribution in [2.75, 3.05) is 0 Å². The summed E-state index contributed by atoms with van der Waals surface area (Å²) >= 11 is 0. The molecule has 0 saturated carbocycles. The van der Waals surface area contributed by atoms with Gasteiger partial charge in [-0.3, -0.25) is 4.68 Å². The molecule has 3 nitrogen and oxygen atoms in total. The lowest BCUT2D eigenvalue weighted by Crippen LogP contribution is -2.06. The summed E-state index contributed by atoms with van der Waals surface area (Å²) in [6.07, 6.45) is 1.17. The van der Waals surface area contributed by atoms with Crippen LogP contribution in [-0.4, -0.2) is 9.78 Å². The molecule has 0 unspecified atom stereocenters. The predicted molar refractivity (Wildman–Crippen MR) is 59.0 cm³/mol. The molecule has 0 saturated heterocycles. The SMILES string of the molecule is Cc1nn(CCC(C)C)c(C)c1CN. The van der Waals surface area contributed by atoms with E-state index < -0.39 is 0 Å². The van der Waals surface area contributed by atoms with Crippen molar-refractivity contribution in [3.05, 3.63) is 17.0 Å². The molecule has 0 aliphatic rings. The van der Waals surface area contributed by atoms with E-state index in [-0.39, 0.29) is 0 Å². The Labute approximate surface area is 86.3 Å². The summed E-state index contributed by atoms with van der Waals surface area (Å²) in [5, 5.41) is 4.49. The van der Waals surface area contributed by atoms with Gasteiger partial charge in [-0.2, -0.15) is 5.10 Å². The lowest BCUT2D eigenvalue weighted by molar-refractivity contribution is 0.479. The van der Waals surface area contributed by atoms with Gasteiger partial charge in [0.05, 0.1) is 5.69 Å². The zero-order valence-corrected chi connectivity index (χ0v) is 9.67. The quantitative estimate of drug-likeness (QED) is 0.798. The van der Waals surface area contributed by atoms with E-state index in [0.717, 1.165) is 18.2 Å². The molecule has 1 rings (SSSR count). The van der Waals surface area contributed by atoms with Crippen LogP contribution in [0.15, 0.2) is 0 Å². The Kier molecular flexibility index (Phi) is 3.69. The summed E-state index contributed by atoms with van der Waals surface area (Å²) in [5.74, 6) is 0.722. The molecule has 0 spiro atoms. The first-order valence-corrected chi connectivity index (χ1v) is 5.29. The van der Waals surface area contributed by atoms with Crippen molar-refractivity contribution in [2.45, 2.75) is 47.2 Å². The Balaban J connectivity index is 2.78. The van der Waals surface area contributed by atoms with Crippen LogP contribution in [0.2, 0.25) is 0 Å². The first-order valence-electron chi connectivity index (χ1n) is 5.29. The van der Waals surface area contributed by atoms with Gasteiger partial charge < -0.3 is 5.73 Å². The van der Waals surface area contributed by atoms with E-state index in [0.29, 0.717) is 6.54 Å². The van der Waals surface area contributed by atoms with Crippen LogP contribution < -0.4 is 5.73 Å². The van der Waals surface area contributed by atoms with Gasteiger partial charge >= 0.3 is 0 Å². The number of rotatable bonds is 4. The van der Waals surface area contributed by atoms with Gasteiger partial charge in [0, 0.05) is 24.3 Å². The zero-order chi connectivity index (χ0) is 10.7. The van der Waals surface area contributed by atoms with Crippen molar-refractivity contribution in [3.8, 4) is 0 Å². The van der Waals surface area contributed by atoms with Crippen LogP contribution in [0.5, 0.6) is 0 Å². The summed E-state index contributed by atoms with van der Waals surface area (Å²) in [4.78, 5) is 0. The van der Waals surface area contributed by atoms with Crippen LogP contribution >= 0.6 is 0 Å². The molecule has 0 bridgehead atoms. The third-order valence-electron chi connectivity index (χ3n) is 2.65. The van der Waals surface area contributed by atoms with Gasteiger partial charge in [-0.25, -0.2) is 0 Å². The maximum atomic E-state index is 5.67. The lowest BCUT2D eigenvalue weighted by Gasteiger charge is -2.06. The van der Waals surface area contributed by atoms with Gasteiger partial charge in [0.2, 0.25) is 0 Å². The lowest BCUT2D eigenvalue weighted by atomic mass is 10.1. The van der Waals surface area contributed by atoms with Gasteiger partial charge in [-0.05, 0) is 26.2 Å². The topological polar surface area (TPSA) is 43.8 Å². The number of aromatic nitrogens is 2. The minimum absolute atomic E-state index is 0.597. The molecular formula is C11H21N3. The molecule has 0 aliphatic carbocycles. The summed E-state index contributed by atoms with van der Waals surface area (Å²) in [6.45, 7) is 10.2.